The minimum absolute atomic E-state index is 0.333. The third-order valence-corrected chi connectivity index (χ3v) is 2.31. The molecule has 0 aromatic heterocycles. The number of ether oxygens (including phenoxy) is 1. The highest BCUT2D eigenvalue weighted by Crippen LogP contribution is 2.28. The van der Waals surface area contributed by atoms with E-state index in [1.165, 1.54) is 0 Å². The molecule has 0 radical (unpaired) electrons. The van der Waals surface area contributed by atoms with Crippen molar-refractivity contribution in [1.82, 2.24) is 0 Å². The van der Waals surface area contributed by atoms with Crippen molar-refractivity contribution in [2.45, 2.75) is 18.1 Å². The predicted molar refractivity (Wildman–Crippen MR) is 46.4 cm³/mol. The standard InChI is InChI=1S/C9H9ClO2/c10-7-5-6-3-1-2-4-8(6)12-9(7)11/h1-4,7,9,11H,5H2. The number of aliphatic hydroxyl groups is 1. The highest BCUT2D eigenvalue weighted by atomic mass is 35.5. The van der Waals surface area contributed by atoms with Gasteiger partial charge in [0.1, 0.15) is 5.75 Å². The molecular weight excluding hydrogens is 176 g/mol. The molecule has 1 aromatic carbocycles. The molecule has 1 aromatic rings. The number of hydrogen-bond donors (Lipinski definition) is 1. The molecule has 2 nitrogen and oxygen atoms in total. The lowest BCUT2D eigenvalue weighted by atomic mass is 10.1. The molecule has 2 unspecified atom stereocenters. The molecule has 0 amide bonds. The number of hydrogen-bond acceptors (Lipinski definition) is 2. The Morgan fingerprint density at radius 1 is 1.42 bits per heavy atom. The number of benzene rings is 1. The average Bonchev–Trinajstić information content (AvgIpc) is 2.07. The average molecular weight is 185 g/mol. The third kappa shape index (κ3) is 1.28. The summed E-state index contributed by atoms with van der Waals surface area (Å²) < 4.78 is 5.17. The van der Waals surface area contributed by atoms with Gasteiger partial charge in [-0.05, 0) is 18.1 Å². The van der Waals surface area contributed by atoms with Crippen LogP contribution in [0.5, 0.6) is 5.75 Å². The van der Waals surface area contributed by atoms with Gasteiger partial charge in [-0.3, -0.25) is 0 Å². The van der Waals surface area contributed by atoms with Gasteiger partial charge in [-0.25, -0.2) is 0 Å². The fourth-order valence-electron chi connectivity index (χ4n) is 1.30. The molecule has 3 heteroatoms. The molecule has 1 heterocycles. The number of aliphatic hydroxyl groups excluding tert-OH is 1. The molecular formula is C9H9ClO2. The second-order valence-corrected chi connectivity index (χ2v) is 3.40. The summed E-state index contributed by atoms with van der Waals surface area (Å²) >= 11 is 5.82. The van der Waals surface area contributed by atoms with Gasteiger partial charge >= 0.3 is 0 Å². The monoisotopic (exact) mass is 184 g/mol. The zero-order valence-electron chi connectivity index (χ0n) is 6.40. The van der Waals surface area contributed by atoms with Crippen LogP contribution < -0.4 is 4.74 Å². The zero-order valence-corrected chi connectivity index (χ0v) is 7.16. The normalized spacial score (nSPS) is 27.5. The largest absolute Gasteiger partial charge is 0.463 e. The number of fused-ring (bicyclic) bond motifs is 1. The van der Waals surface area contributed by atoms with Crippen LogP contribution in [-0.4, -0.2) is 16.8 Å². The van der Waals surface area contributed by atoms with Gasteiger partial charge in [0, 0.05) is 0 Å². The maximum absolute atomic E-state index is 9.27. The van der Waals surface area contributed by atoms with Crippen LogP contribution in [0.15, 0.2) is 24.3 Å². The van der Waals surface area contributed by atoms with Gasteiger partial charge in [0.15, 0.2) is 0 Å². The maximum Gasteiger partial charge on any atom is 0.214 e. The van der Waals surface area contributed by atoms with Crippen molar-refractivity contribution in [3.63, 3.8) is 0 Å². The first-order valence-electron chi connectivity index (χ1n) is 3.84. The van der Waals surface area contributed by atoms with E-state index >= 15 is 0 Å². The Balaban J connectivity index is 2.34. The van der Waals surface area contributed by atoms with Crippen LogP contribution in [-0.2, 0) is 6.42 Å². The molecule has 1 aliphatic rings. The summed E-state index contributed by atoms with van der Waals surface area (Å²) in [5.41, 5.74) is 1.06. The third-order valence-electron chi connectivity index (χ3n) is 1.94. The molecule has 0 saturated heterocycles. The first-order chi connectivity index (χ1) is 5.77. The van der Waals surface area contributed by atoms with Gasteiger partial charge in [-0.2, -0.15) is 0 Å². The lowest BCUT2D eigenvalue weighted by Gasteiger charge is -2.25. The van der Waals surface area contributed by atoms with Crippen molar-refractivity contribution >= 4 is 11.6 Å². The summed E-state index contributed by atoms with van der Waals surface area (Å²) in [6.45, 7) is 0. The van der Waals surface area contributed by atoms with Crippen molar-refractivity contribution in [2.75, 3.05) is 0 Å². The van der Waals surface area contributed by atoms with Crippen molar-refractivity contribution < 1.29 is 9.84 Å². The van der Waals surface area contributed by atoms with Crippen LogP contribution >= 0.6 is 11.6 Å². The van der Waals surface area contributed by atoms with E-state index in [1.807, 2.05) is 24.3 Å². The van der Waals surface area contributed by atoms with Crippen molar-refractivity contribution in [3.05, 3.63) is 29.8 Å². The Bertz CT molecular complexity index is 259. The SMILES string of the molecule is OC1Oc2ccccc2CC1Cl. The summed E-state index contributed by atoms with van der Waals surface area (Å²) in [6, 6.07) is 7.60. The summed E-state index contributed by atoms with van der Waals surface area (Å²) in [7, 11) is 0. The fourth-order valence-corrected chi connectivity index (χ4v) is 1.52. The quantitative estimate of drug-likeness (QED) is 0.620. The molecule has 0 bridgehead atoms. The minimum Gasteiger partial charge on any atom is -0.463 e. The Hall–Kier alpha value is -0.730. The van der Waals surface area contributed by atoms with Gasteiger partial charge in [-0.1, -0.05) is 18.2 Å². The topological polar surface area (TPSA) is 29.5 Å². The van der Waals surface area contributed by atoms with Crippen LogP contribution in [0.2, 0.25) is 0 Å². The number of rotatable bonds is 0. The van der Waals surface area contributed by atoms with Gasteiger partial charge in [0.25, 0.3) is 0 Å². The lowest BCUT2D eigenvalue weighted by Crippen LogP contribution is -2.33. The van der Waals surface area contributed by atoms with Crippen molar-refractivity contribution in [2.24, 2.45) is 0 Å². The molecule has 0 saturated carbocycles. The smallest absolute Gasteiger partial charge is 0.214 e. The highest BCUT2D eigenvalue weighted by molar-refractivity contribution is 6.21. The Morgan fingerprint density at radius 3 is 3.00 bits per heavy atom. The van der Waals surface area contributed by atoms with E-state index in [0.717, 1.165) is 11.3 Å². The van der Waals surface area contributed by atoms with Gasteiger partial charge in [-0.15, -0.1) is 11.6 Å². The molecule has 0 spiro atoms. The zero-order chi connectivity index (χ0) is 8.55. The van der Waals surface area contributed by atoms with E-state index < -0.39 is 6.29 Å². The second-order valence-electron chi connectivity index (χ2n) is 2.84. The number of para-hydroxylation sites is 1. The first kappa shape index (κ1) is 7.90. The van der Waals surface area contributed by atoms with Crippen molar-refractivity contribution in [3.8, 4) is 5.75 Å². The molecule has 64 valence electrons. The van der Waals surface area contributed by atoms with Gasteiger partial charge in [0.2, 0.25) is 6.29 Å². The van der Waals surface area contributed by atoms with E-state index in [1.54, 1.807) is 0 Å². The van der Waals surface area contributed by atoms with Crippen molar-refractivity contribution in [1.29, 1.82) is 0 Å². The van der Waals surface area contributed by atoms with E-state index in [9.17, 15) is 5.11 Å². The molecule has 12 heavy (non-hydrogen) atoms. The molecule has 0 aliphatic carbocycles. The van der Waals surface area contributed by atoms with E-state index in [0.29, 0.717) is 6.42 Å². The van der Waals surface area contributed by atoms with Gasteiger partial charge < -0.3 is 9.84 Å². The minimum atomic E-state index is -0.874. The lowest BCUT2D eigenvalue weighted by molar-refractivity contribution is -0.0282. The van der Waals surface area contributed by atoms with Crippen LogP contribution in [0.25, 0.3) is 0 Å². The van der Waals surface area contributed by atoms with Crippen LogP contribution in [0.1, 0.15) is 5.56 Å². The molecule has 2 rings (SSSR count). The highest BCUT2D eigenvalue weighted by Gasteiger charge is 2.25. The molecule has 1 aliphatic heterocycles. The Labute approximate surface area is 75.7 Å². The van der Waals surface area contributed by atoms with E-state index in [2.05, 4.69) is 0 Å². The maximum atomic E-state index is 9.27. The fraction of sp³-hybridized carbons (Fsp3) is 0.333. The number of alkyl halides is 1. The summed E-state index contributed by atoms with van der Waals surface area (Å²) in [5, 5.41) is 8.94. The van der Waals surface area contributed by atoms with Gasteiger partial charge in [0.05, 0.1) is 5.38 Å². The van der Waals surface area contributed by atoms with E-state index in [-0.39, 0.29) is 5.38 Å². The van der Waals surface area contributed by atoms with E-state index in [4.69, 9.17) is 16.3 Å². The first-order valence-corrected chi connectivity index (χ1v) is 4.28. The molecule has 2 atom stereocenters. The molecule has 0 fully saturated rings. The van der Waals surface area contributed by atoms with Crippen LogP contribution in [0.4, 0.5) is 0 Å². The molecule has 1 N–H and O–H groups in total. The second kappa shape index (κ2) is 2.96. The Kier molecular flexibility index (Phi) is 1.95. The number of halogens is 1. The predicted octanol–water partition coefficient (Wildman–Crippen LogP) is 1.55. The summed E-state index contributed by atoms with van der Waals surface area (Å²) in [6.07, 6.45) is -0.208. The summed E-state index contributed by atoms with van der Waals surface area (Å²) in [4.78, 5) is 0. The van der Waals surface area contributed by atoms with Crippen LogP contribution in [0, 0.1) is 0 Å². The Morgan fingerprint density at radius 2 is 2.17 bits per heavy atom. The van der Waals surface area contributed by atoms with Crippen LogP contribution in [0.3, 0.4) is 0 Å². The summed E-state index contributed by atoms with van der Waals surface area (Å²) in [5.74, 6) is 0.738.